The van der Waals surface area contributed by atoms with Gasteiger partial charge in [0.05, 0.1) is 12.3 Å². The number of carboxylic acids is 1. The lowest BCUT2D eigenvalue weighted by molar-refractivity contribution is -0.192. The lowest BCUT2D eigenvalue weighted by Gasteiger charge is -2.31. The Bertz CT molecular complexity index is 714. The van der Waals surface area contributed by atoms with Crippen LogP contribution in [0, 0.1) is 23.1 Å². The van der Waals surface area contributed by atoms with Gasteiger partial charge in [-0.2, -0.15) is 31.6 Å². The maximum absolute atomic E-state index is 13.6. The Balaban J connectivity index is 0.000000480. The van der Waals surface area contributed by atoms with Crippen LogP contribution >= 0.6 is 0 Å². The van der Waals surface area contributed by atoms with E-state index >= 15 is 0 Å². The summed E-state index contributed by atoms with van der Waals surface area (Å²) in [5.41, 5.74) is -1.08. The van der Waals surface area contributed by atoms with Crippen molar-refractivity contribution in [3.05, 3.63) is 29.3 Å². The molecular weight excluding hydrogens is 399 g/mol. The number of aliphatic carboxylic acids is 1. The van der Waals surface area contributed by atoms with Crippen LogP contribution in [-0.2, 0) is 17.5 Å². The zero-order valence-electron chi connectivity index (χ0n) is 14.3. The number of nitrogens with zero attached hydrogens (tertiary/aromatic N) is 3. The summed E-state index contributed by atoms with van der Waals surface area (Å²) in [6, 6.07) is 2.87. The van der Waals surface area contributed by atoms with Crippen molar-refractivity contribution in [2.75, 3.05) is 13.1 Å². The van der Waals surface area contributed by atoms with Crippen LogP contribution in [0.5, 0.6) is 0 Å². The molecule has 156 valence electrons. The number of alkyl halides is 6. The van der Waals surface area contributed by atoms with E-state index < -0.39 is 29.8 Å². The minimum absolute atomic E-state index is 0.00469. The topological polar surface area (TPSA) is 77.2 Å². The van der Waals surface area contributed by atoms with Crippen LogP contribution in [0.1, 0.15) is 30.5 Å². The molecule has 0 aromatic carbocycles. The summed E-state index contributed by atoms with van der Waals surface area (Å²) < 4.78 is 83.2. The first-order valence-electron chi connectivity index (χ1n) is 7.95. The Kier molecular flexibility index (Phi) is 8.16. The van der Waals surface area contributed by atoms with Crippen molar-refractivity contribution in [1.29, 1.82) is 5.26 Å². The van der Waals surface area contributed by atoms with Crippen LogP contribution in [-0.4, -0.2) is 40.2 Å². The van der Waals surface area contributed by atoms with Gasteiger partial charge in [-0.1, -0.05) is 0 Å². The van der Waals surface area contributed by atoms with E-state index in [1.54, 1.807) is 0 Å². The van der Waals surface area contributed by atoms with E-state index in [-0.39, 0.29) is 18.0 Å². The molecule has 0 amide bonds. The van der Waals surface area contributed by atoms with E-state index in [4.69, 9.17) is 15.2 Å². The molecule has 1 saturated heterocycles. The second-order valence-corrected chi connectivity index (χ2v) is 6.07. The van der Waals surface area contributed by atoms with Gasteiger partial charge in [-0.3, -0.25) is 4.90 Å². The van der Waals surface area contributed by atoms with E-state index in [2.05, 4.69) is 11.1 Å². The average Bonchev–Trinajstić information content (AvgIpc) is 2.56. The molecule has 2 heterocycles. The van der Waals surface area contributed by atoms with Crippen molar-refractivity contribution in [3.8, 4) is 6.07 Å². The Morgan fingerprint density at radius 1 is 1.32 bits per heavy atom. The van der Waals surface area contributed by atoms with E-state index in [1.165, 1.54) is 0 Å². The number of carbonyl (C=O) groups is 1. The third-order valence-corrected chi connectivity index (χ3v) is 3.84. The number of nitriles is 1. The number of carboxylic acid groups (broad SMARTS) is 1. The minimum Gasteiger partial charge on any atom is -0.475 e. The standard InChI is InChI=1S/C14H15F4N3.C2HF3O2/c15-12-7-20-13(14(16,17)18)6-11(12)9-21-5-1-2-10(8-21)3-4-19;3-2(4,5)1(6)7/h6-7,10H,1-3,5,8-9H2;(H,6,7). The van der Waals surface area contributed by atoms with Gasteiger partial charge in [0.25, 0.3) is 0 Å². The van der Waals surface area contributed by atoms with Crippen molar-refractivity contribution in [1.82, 2.24) is 9.88 Å². The molecule has 1 atom stereocenters. The highest BCUT2D eigenvalue weighted by molar-refractivity contribution is 5.73. The van der Waals surface area contributed by atoms with Gasteiger partial charge in [-0.25, -0.2) is 14.2 Å². The Morgan fingerprint density at radius 3 is 2.43 bits per heavy atom. The van der Waals surface area contributed by atoms with Gasteiger partial charge in [0.15, 0.2) is 0 Å². The van der Waals surface area contributed by atoms with Gasteiger partial charge in [0, 0.05) is 25.1 Å². The van der Waals surface area contributed by atoms with Crippen LogP contribution in [0.2, 0.25) is 0 Å². The summed E-state index contributed by atoms with van der Waals surface area (Å²) in [4.78, 5) is 13.9. The van der Waals surface area contributed by atoms with Crippen molar-refractivity contribution in [2.45, 2.75) is 38.2 Å². The third kappa shape index (κ3) is 7.67. The number of rotatable bonds is 3. The van der Waals surface area contributed by atoms with Crippen molar-refractivity contribution >= 4 is 5.97 Å². The van der Waals surface area contributed by atoms with Gasteiger partial charge in [-0.15, -0.1) is 0 Å². The highest BCUT2D eigenvalue weighted by atomic mass is 19.4. The fraction of sp³-hybridized carbons (Fsp3) is 0.562. The van der Waals surface area contributed by atoms with Crippen molar-refractivity contribution < 1.29 is 40.6 Å². The molecule has 5 nitrogen and oxygen atoms in total. The zero-order chi connectivity index (χ0) is 21.5. The average molecular weight is 415 g/mol. The second-order valence-electron chi connectivity index (χ2n) is 6.07. The van der Waals surface area contributed by atoms with Gasteiger partial charge >= 0.3 is 18.3 Å². The molecule has 28 heavy (non-hydrogen) atoms. The van der Waals surface area contributed by atoms with Gasteiger partial charge in [0.1, 0.15) is 11.5 Å². The van der Waals surface area contributed by atoms with Crippen LogP contribution in [0.15, 0.2) is 12.3 Å². The summed E-state index contributed by atoms with van der Waals surface area (Å²) in [7, 11) is 0. The number of hydrogen-bond donors (Lipinski definition) is 1. The molecule has 1 fully saturated rings. The fourth-order valence-electron chi connectivity index (χ4n) is 2.59. The Labute approximate surface area is 155 Å². The molecule has 1 aliphatic rings. The second kappa shape index (κ2) is 9.68. The van der Waals surface area contributed by atoms with Gasteiger partial charge in [-0.05, 0) is 31.4 Å². The summed E-state index contributed by atoms with van der Waals surface area (Å²) in [5, 5.41) is 15.8. The number of pyridine rings is 1. The van der Waals surface area contributed by atoms with Crippen LogP contribution in [0.3, 0.4) is 0 Å². The molecule has 0 radical (unpaired) electrons. The molecule has 1 aromatic rings. The first-order chi connectivity index (χ1) is 12.8. The molecule has 0 saturated carbocycles. The number of likely N-dealkylation sites (tertiary alicyclic amines) is 1. The molecule has 1 aliphatic heterocycles. The maximum Gasteiger partial charge on any atom is 0.490 e. The fourth-order valence-corrected chi connectivity index (χ4v) is 2.59. The molecule has 0 aliphatic carbocycles. The highest BCUT2D eigenvalue weighted by Gasteiger charge is 2.38. The molecule has 0 spiro atoms. The summed E-state index contributed by atoms with van der Waals surface area (Å²) in [6.07, 6.45) is -6.83. The lowest BCUT2D eigenvalue weighted by atomic mass is 9.95. The quantitative estimate of drug-likeness (QED) is 0.756. The summed E-state index contributed by atoms with van der Waals surface area (Å²) in [5.74, 6) is -3.28. The molecule has 0 bridgehead atoms. The Hall–Kier alpha value is -2.42. The van der Waals surface area contributed by atoms with Crippen LogP contribution in [0.25, 0.3) is 0 Å². The Morgan fingerprint density at radius 2 is 1.93 bits per heavy atom. The van der Waals surface area contributed by atoms with E-state index in [9.17, 15) is 30.7 Å². The maximum atomic E-state index is 13.6. The SMILES string of the molecule is N#CCC1CCCN(Cc2cc(C(F)(F)F)ncc2F)C1.O=C(O)C(F)(F)F. The summed E-state index contributed by atoms with van der Waals surface area (Å²) in [6.45, 7) is 1.42. The first-order valence-corrected chi connectivity index (χ1v) is 7.95. The molecule has 2 rings (SSSR count). The normalized spacial score (nSPS) is 18.0. The largest absolute Gasteiger partial charge is 0.490 e. The number of hydrogen-bond acceptors (Lipinski definition) is 4. The van der Waals surface area contributed by atoms with E-state index in [1.807, 2.05) is 4.90 Å². The number of halogens is 7. The van der Waals surface area contributed by atoms with Crippen LogP contribution in [0.4, 0.5) is 30.7 Å². The first kappa shape index (κ1) is 23.6. The number of aromatic nitrogens is 1. The summed E-state index contributed by atoms with van der Waals surface area (Å²) >= 11 is 0. The molecule has 12 heteroatoms. The molecule has 1 aromatic heterocycles. The molecular formula is C16H16F7N3O2. The monoisotopic (exact) mass is 415 g/mol. The predicted octanol–water partition coefficient (Wildman–Crippen LogP) is 4.00. The zero-order valence-corrected chi connectivity index (χ0v) is 14.3. The van der Waals surface area contributed by atoms with Crippen molar-refractivity contribution in [2.24, 2.45) is 5.92 Å². The highest BCUT2D eigenvalue weighted by Crippen LogP contribution is 2.29. The molecule has 1 N–H and O–H groups in total. The van der Waals surface area contributed by atoms with E-state index in [0.29, 0.717) is 25.7 Å². The molecule has 1 unspecified atom stereocenters. The smallest absolute Gasteiger partial charge is 0.475 e. The number of piperidine rings is 1. The van der Waals surface area contributed by atoms with Gasteiger partial charge in [0.2, 0.25) is 0 Å². The van der Waals surface area contributed by atoms with E-state index in [0.717, 1.165) is 18.9 Å². The van der Waals surface area contributed by atoms with Crippen LogP contribution < -0.4 is 0 Å². The predicted molar refractivity (Wildman–Crippen MR) is 81.1 cm³/mol. The van der Waals surface area contributed by atoms with Crippen molar-refractivity contribution in [3.63, 3.8) is 0 Å². The third-order valence-electron chi connectivity index (χ3n) is 3.84. The van der Waals surface area contributed by atoms with Gasteiger partial charge < -0.3 is 5.11 Å². The lowest BCUT2D eigenvalue weighted by Crippen LogP contribution is -2.35. The minimum atomic E-state index is -5.08.